The van der Waals surface area contributed by atoms with E-state index in [1.165, 1.54) is 68.2 Å². The van der Waals surface area contributed by atoms with Gasteiger partial charge in [0.05, 0.1) is 7.11 Å². The molecule has 0 bridgehead atoms. The Labute approximate surface area is 131 Å². The van der Waals surface area contributed by atoms with E-state index >= 15 is 0 Å². The number of hydrogen-bond acceptors (Lipinski definition) is 2. The molecule has 120 valence electrons. The van der Waals surface area contributed by atoms with Crippen LogP contribution in [0.3, 0.4) is 0 Å². The molecule has 0 fully saturated rings. The van der Waals surface area contributed by atoms with Crippen LogP contribution in [0.1, 0.15) is 69.4 Å². The van der Waals surface area contributed by atoms with E-state index in [9.17, 15) is 0 Å². The first kappa shape index (κ1) is 17.9. The van der Waals surface area contributed by atoms with Gasteiger partial charge in [-0.15, -0.1) is 0 Å². The molecule has 0 aromatic heterocycles. The number of hydrogen-bond donors (Lipinski definition) is 1. The summed E-state index contributed by atoms with van der Waals surface area (Å²) in [6.45, 7) is 7.55. The Morgan fingerprint density at radius 1 is 0.905 bits per heavy atom. The number of rotatable bonds is 11. The summed E-state index contributed by atoms with van der Waals surface area (Å²) in [7, 11) is 1.75. The molecule has 21 heavy (non-hydrogen) atoms. The molecule has 1 rings (SSSR count). The first-order valence-corrected chi connectivity index (χ1v) is 8.58. The van der Waals surface area contributed by atoms with Crippen LogP contribution in [0.15, 0.2) is 12.1 Å². The molecule has 0 aliphatic rings. The second-order valence-electron chi connectivity index (χ2n) is 5.99. The van der Waals surface area contributed by atoms with Crippen LogP contribution in [-0.2, 0) is 0 Å². The molecule has 0 heterocycles. The highest BCUT2D eigenvalue weighted by Gasteiger charge is 2.06. The highest BCUT2D eigenvalue weighted by molar-refractivity contribution is 5.59. The Morgan fingerprint density at radius 3 is 2.14 bits per heavy atom. The third-order valence-corrected chi connectivity index (χ3v) is 4.15. The third-order valence-electron chi connectivity index (χ3n) is 4.15. The van der Waals surface area contributed by atoms with Crippen molar-refractivity contribution in [1.82, 2.24) is 0 Å². The first-order chi connectivity index (χ1) is 10.2. The fourth-order valence-electron chi connectivity index (χ4n) is 2.81. The zero-order chi connectivity index (χ0) is 15.5. The van der Waals surface area contributed by atoms with Crippen molar-refractivity contribution >= 4 is 5.69 Å². The molecule has 0 aliphatic heterocycles. The Bertz CT molecular complexity index is 401. The van der Waals surface area contributed by atoms with Gasteiger partial charge in [0.2, 0.25) is 0 Å². The predicted molar refractivity (Wildman–Crippen MR) is 93.6 cm³/mol. The van der Waals surface area contributed by atoms with Crippen LogP contribution in [0.5, 0.6) is 5.75 Å². The Balaban J connectivity index is 2.19. The van der Waals surface area contributed by atoms with Gasteiger partial charge < -0.3 is 10.1 Å². The molecule has 0 saturated heterocycles. The molecule has 1 aromatic carbocycles. The summed E-state index contributed by atoms with van der Waals surface area (Å²) in [6.07, 6.45) is 10.9. The van der Waals surface area contributed by atoms with E-state index in [1.807, 2.05) is 0 Å². The number of aryl methyl sites for hydroxylation is 1. The largest absolute Gasteiger partial charge is 0.496 e. The van der Waals surface area contributed by atoms with Crippen LogP contribution in [-0.4, -0.2) is 13.7 Å². The van der Waals surface area contributed by atoms with E-state index in [2.05, 4.69) is 38.2 Å². The first-order valence-electron chi connectivity index (χ1n) is 8.58. The third kappa shape index (κ3) is 6.41. The van der Waals surface area contributed by atoms with Gasteiger partial charge in [-0.1, -0.05) is 57.9 Å². The zero-order valence-electron chi connectivity index (χ0n) is 14.4. The summed E-state index contributed by atoms with van der Waals surface area (Å²) in [6, 6.07) is 4.29. The highest BCUT2D eigenvalue weighted by atomic mass is 16.5. The summed E-state index contributed by atoms with van der Waals surface area (Å²) < 4.78 is 5.47. The molecule has 1 N–H and O–H groups in total. The maximum Gasteiger partial charge on any atom is 0.126 e. The number of unbranched alkanes of at least 4 members (excludes halogenated alkanes) is 7. The van der Waals surface area contributed by atoms with Crippen molar-refractivity contribution in [3.63, 3.8) is 0 Å². The smallest absolute Gasteiger partial charge is 0.126 e. The number of ether oxygens (including phenoxy) is 1. The van der Waals surface area contributed by atoms with Gasteiger partial charge in [-0.05, 0) is 31.9 Å². The van der Waals surface area contributed by atoms with Crippen molar-refractivity contribution in [3.05, 3.63) is 23.3 Å². The van der Waals surface area contributed by atoms with Gasteiger partial charge in [0.25, 0.3) is 0 Å². The molecule has 0 saturated carbocycles. The van der Waals surface area contributed by atoms with Gasteiger partial charge in [-0.3, -0.25) is 0 Å². The molecule has 0 aliphatic carbocycles. The van der Waals surface area contributed by atoms with E-state index in [1.54, 1.807) is 7.11 Å². The molecule has 2 heteroatoms. The van der Waals surface area contributed by atoms with Crippen LogP contribution in [0.4, 0.5) is 5.69 Å². The van der Waals surface area contributed by atoms with Gasteiger partial charge >= 0.3 is 0 Å². The maximum atomic E-state index is 5.47. The lowest BCUT2D eigenvalue weighted by molar-refractivity contribution is 0.409. The maximum absolute atomic E-state index is 5.47. The summed E-state index contributed by atoms with van der Waals surface area (Å²) in [5, 5.41) is 3.55. The van der Waals surface area contributed by atoms with Crippen LogP contribution in [0.25, 0.3) is 0 Å². The number of benzene rings is 1. The summed E-state index contributed by atoms with van der Waals surface area (Å²) in [5.74, 6) is 1.01. The topological polar surface area (TPSA) is 21.3 Å². The van der Waals surface area contributed by atoms with Crippen molar-refractivity contribution in [1.29, 1.82) is 0 Å². The number of anilines is 1. The molecule has 0 unspecified atom stereocenters. The van der Waals surface area contributed by atoms with E-state index in [0.717, 1.165) is 12.3 Å². The Hall–Kier alpha value is -1.18. The summed E-state index contributed by atoms with van der Waals surface area (Å²) in [4.78, 5) is 0. The number of methoxy groups -OCH3 is 1. The van der Waals surface area contributed by atoms with Crippen LogP contribution >= 0.6 is 0 Å². The molecule has 0 atom stereocenters. The molecule has 1 aromatic rings. The van der Waals surface area contributed by atoms with Gasteiger partial charge in [0.1, 0.15) is 5.75 Å². The minimum Gasteiger partial charge on any atom is -0.496 e. The Kier molecular flexibility index (Phi) is 8.96. The Morgan fingerprint density at radius 2 is 1.52 bits per heavy atom. The second kappa shape index (κ2) is 10.5. The summed E-state index contributed by atoms with van der Waals surface area (Å²) >= 11 is 0. The quantitative estimate of drug-likeness (QED) is 0.515. The molecule has 0 spiro atoms. The highest BCUT2D eigenvalue weighted by Crippen LogP contribution is 2.29. The van der Waals surface area contributed by atoms with E-state index in [4.69, 9.17) is 4.74 Å². The van der Waals surface area contributed by atoms with Crippen molar-refractivity contribution in [2.24, 2.45) is 0 Å². The molecular formula is C19H33NO. The van der Waals surface area contributed by atoms with Crippen molar-refractivity contribution in [2.45, 2.75) is 72.1 Å². The minimum atomic E-state index is 1.01. The van der Waals surface area contributed by atoms with Gasteiger partial charge in [-0.25, -0.2) is 0 Å². The van der Waals surface area contributed by atoms with Gasteiger partial charge in [-0.2, -0.15) is 0 Å². The van der Waals surface area contributed by atoms with E-state index in [-0.39, 0.29) is 0 Å². The van der Waals surface area contributed by atoms with Crippen molar-refractivity contribution < 1.29 is 4.74 Å². The van der Waals surface area contributed by atoms with Crippen LogP contribution < -0.4 is 10.1 Å². The lowest BCUT2D eigenvalue weighted by Gasteiger charge is -2.14. The fraction of sp³-hybridized carbons (Fsp3) is 0.684. The second-order valence-corrected chi connectivity index (χ2v) is 5.99. The molecule has 2 nitrogen and oxygen atoms in total. The van der Waals surface area contributed by atoms with Gasteiger partial charge in [0.15, 0.2) is 0 Å². The predicted octanol–water partition coefficient (Wildman–Crippen LogP) is 5.86. The van der Waals surface area contributed by atoms with Crippen molar-refractivity contribution in [2.75, 3.05) is 19.0 Å². The molecular weight excluding hydrogens is 258 g/mol. The van der Waals surface area contributed by atoms with Gasteiger partial charge in [0, 0.05) is 17.8 Å². The van der Waals surface area contributed by atoms with Crippen LogP contribution in [0, 0.1) is 13.8 Å². The fourth-order valence-corrected chi connectivity index (χ4v) is 2.81. The molecule has 0 radical (unpaired) electrons. The van der Waals surface area contributed by atoms with E-state index in [0.29, 0.717) is 0 Å². The standard InChI is InChI=1S/C19H33NO/c1-5-6-7-8-9-10-11-12-15-20-18-14-13-16(2)19(21-4)17(18)3/h13-14,20H,5-12,15H2,1-4H3. The average Bonchev–Trinajstić information content (AvgIpc) is 2.48. The van der Waals surface area contributed by atoms with Crippen molar-refractivity contribution in [3.8, 4) is 5.75 Å². The number of nitrogens with one attached hydrogen (secondary N) is 1. The monoisotopic (exact) mass is 291 g/mol. The van der Waals surface area contributed by atoms with E-state index < -0.39 is 0 Å². The average molecular weight is 291 g/mol. The summed E-state index contributed by atoms with van der Waals surface area (Å²) in [5.41, 5.74) is 3.63. The lowest BCUT2D eigenvalue weighted by Crippen LogP contribution is -2.04. The molecule has 0 amide bonds. The minimum absolute atomic E-state index is 1.01. The SMILES string of the molecule is CCCCCCCCCCNc1ccc(C)c(OC)c1C. The zero-order valence-corrected chi connectivity index (χ0v) is 14.4. The normalized spacial score (nSPS) is 10.7. The lowest BCUT2D eigenvalue weighted by atomic mass is 10.1. The van der Waals surface area contributed by atoms with Crippen LogP contribution in [0.2, 0.25) is 0 Å².